The van der Waals surface area contributed by atoms with Crippen molar-refractivity contribution in [3.05, 3.63) is 92.5 Å². The van der Waals surface area contributed by atoms with Crippen LogP contribution in [-0.4, -0.2) is 18.1 Å². The van der Waals surface area contributed by atoms with E-state index in [0.717, 1.165) is 46.4 Å². The molecule has 5 heteroatoms. The maximum Gasteiger partial charge on any atom is 0.269 e. The van der Waals surface area contributed by atoms with Gasteiger partial charge in [-0.05, 0) is 77.8 Å². The molecule has 0 fully saturated rings. The zero-order valence-electron chi connectivity index (χ0n) is 17.5. The van der Waals surface area contributed by atoms with E-state index in [2.05, 4.69) is 18.2 Å². The fourth-order valence-corrected chi connectivity index (χ4v) is 4.13. The number of nitro groups is 1. The summed E-state index contributed by atoms with van der Waals surface area (Å²) in [5, 5.41) is 11.4. The topological polar surface area (TPSA) is 61.6 Å². The predicted molar refractivity (Wildman–Crippen MR) is 117 cm³/mol. The van der Waals surface area contributed by atoms with Crippen molar-refractivity contribution in [3.63, 3.8) is 0 Å². The van der Waals surface area contributed by atoms with E-state index in [1.54, 1.807) is 19.2 Å². The number of methoxy groups -OCH3 is 1. The van der Waals surface area contributed by atoms with E-state index in [4.69, 9.17) is 9.47 Å². The molecular formula is C25H25NO4. The molecule has 0 saturated carbocycles. The van der Waals surface area contributed by atoms with Gasteiger partial charge < -0.3 is 9.47 Å². The second kappa shape index (κ2) is 8.28. The van der Waals surface area contributed by atoms with Crippen LogP contribution in [0, 0.1) is 24.0 Å². The second-order valence-corrected chi connectivity index (χ2v) is 7.83. The second-order valence-electron chi connectivity index (χ2n) is 7.83. The molecule has 0 bridgehead atoms. The number of aryl methyl sites for hydroxylation is 1. The van der Waals surface area contributed by atoms with Crippen molar-refractivity contribution in [2.24, 2.45) is 0 Å². The monoisotopic (exact) mass is 403 g/mol. The Kier molecular flexibility index (Phi) is 5.55. The maximum absolute atomic E-state index is 11.4. The molecule has 0 aromatic heterocycles. The minimum absolute atomic E-state index is 0.0721. The summed E-state index contributed by atoms with van der Waals surface area (Å²) in [5.41, 5.74) is 7.62. The van der Waals surface area contributed by atoms with E-state index >= 15 is 0 Å². The van der Waals surface area contributed by atoms with Gasteiger partial charge in [0, 0.05) is 12.1 Å². The van der Waals surface area contributed by atoms with Crippen LogP contribution in [0.5, 0.6) is 5.75 Å². The van der Waals surface area contributed by atoms with Gasteiger partial charge in [0.25, 0.3) is 5.69 Å². The Bertz CT molecular complexity index is 1080. The number of non-ortho nitro benzene ring substituents is 1. The molecule has 0 saturated heterocycles. The Labute approximate surface area is 176 Å². The van der Waals surface area contributed by atoms with E-state index in [1.807, 2.05) is 38.1 Å². The van der Waals surface area contributed by atoms with Gasteiger partial charge in [0.15, 0.2) is 0 Å². The summed E-state index contributed by atoms with van der Waals surface area (Å²) in [4.78, 5) is 11.0. The molecule has 1 aliphatic carbocycles. The van der Waals surface area contributed by atoms with Gasteiger partial charge in [-0.2, -0.15) is 0 Å². The zero-order valence-corrected chi connectivity index (χ0v) is 17.5. The highest BCUT2D eigenvalue weighted by molar-refractivity contribution is 5.72. The van der Waals surface area contributed by atoms with E-state index in [0.29, 0.717) is 6.61 Å². The van der Waals surface area contributed by atoms with Crippen molar-refractivity contribution in [1.82, 2.24) is 0 Å². The first-order valence-electron chi connectivity index (χ1n) is 10.1. The lowest BCUT2D eigenvalue weighted by Gasteiger charge is -2.16. The minimum Gasteiger partial charge on any atom is -0.496 e. The molecule has 0 radical (unpaired) electrons. The quantitative estimate of drug-likeness (QED) is 0.399. The number of ether oxygens (including phenoxy) is 2. The van der Waals surface area contributed by atoms with Gasteiger partial charge in [-0.3, -0.25) is 10.1 Å². The van der Waals surface area contributed by atoms with Gasteiger partial charge in [0.2, 0.25) is 0 Å². The number of benzene rings is 3. The Morgan fingerprint density at radius 2 is 1.73 bits per heavy atom. The molecule has 0 spiro atoms. The van der Waals surface area contributed by atoms with Crippen LogP contribution in [0.15, 0.2) is 54.6 Å². The molecule has 0 N–H and O–H groups in total. The summed E-state index contributed by atoms with van der Waals surface area (Å²) in [5.74, 6) is 0.807. The largest absolute Gasteiger partial charge is 0.496 e. The number of rotatable bonds is 6. The molecule has 4 rings (SSSR count). The Morgan fingerprint density at radius 1 is 1.03 bits per heavy atom. The summed E-state index contributed by atoms with van der Waals surface area (Å²) in [6.07, 6.45) is 1.83. The third-order valence-electron chi connectivity index (χ3n) is 5.94. The summed E-state index contributed by atoms with van der Waals surface area (Å²) in [6, 6.07) is 17.4. The average Bonchev–Trinajstić information content (AvgIpc) is 3.17. The van der Waals surface area contributed by atoms with Gasteiger partial charge in [-0.1, -0.05) is 30.3 Å². The van der Waals surface area contributed by atoms with Crippen LogP contribution >= 0.6 is 0 Å². The van der Waals surface area contributed by atoms with E-state index in [-0.39, 0.29) is 16.7 Å². The SMILES string of the molecule is COc1cc(-c2ccc([N+](=O)[O-])cc2COC2Cc3ccccc3C2)cc(C)c1C. The summed E-state index contributed by atoms with van der Waals surface area (Å²) in [7, 11) is 1.66. The van der Waals surface area contributed by atoms with Gasteiger partial charge in [0.1, 0.15) is 5.75 Å². The van der Waals surface area contributed by atoms with Gasteiger partial charge in [0.05, 0.1) is 24.7 Å². The van der Waals surface area contributed by atoms with Crippen molar-refractivity contribution >= 4 is 5.69 Å². The van der Waals surface area contributed by atoms with Crippen LogP contribution in [0.1, 0.15) is 27.8 Å². The standard InChI is InChI=1S/C25H25NO4/c1-16-10-20(14-25(29-3)17(16)2)24-9-8-22(26(27)28)11-21(24)15-30-23-12-18-6-4-5-7-19(18)13-23/h4-11,14,23H,12-13,15H2,1-3H3. The molecule has 0 atom stereocenters. The molecule has 0 heterocycles. The highest BCUT2D eigenvalue weighted by Crippen LogP contribution is 2.34. The first-order valence-corrected chi connectivity index (χ1v) is 10.1. The fourth-order valence-electron chi connectivity index (χ4n) is 4.13. The molecule has 0 aliphatic heterocycles. The molecule has 1 aliphatic rings. The molecule has 3 aromatic carbocycles. The number of fused-ring (bicyclic) bond motifs is 1. The van der Waals surface area contributed by atoms with Crippen LogP contribution in [0.25, 0.3) is 11.1 Å². The molecule has 3 aromatic rings. The van der Waals surface area contributed by atoms with Crippen LogP contribution in [0.2, 0.25) is 0 Å². The van der Waals surface area contributed by atoms with Gasteiger partial charge in [-0.25, -0.2) is 0 Å². The van der Waals surface area contributed by atoms with Crippen LogP contribution in [0.4, 0.5) is 5.69 Å². The van der Waals surface area contributed by atoms with E-state index in [1.165, 1.54) is 11.1 Å². The van der Waals surface area contributed by atoms with Crippen molar-refractivity contribution < 1.29 is 14.4 Å². The minimum atomic E-state index is -0.361. The van der Waals surface area contributed by atoms with Crippen molar-refractivity contribution in [2.45, 2.75) is 39.4 Å². The fraction of sp³-hybridized carbons (Fsp3) is 0.280. The molecule has 154 valence electrons. The number of hydrogen-bond donors (Lipinski definition) is 0. The Hall–Kier alpha value is -3.18. The van der Waals surface area contributed by atoms with Crippen molar-refractivity contribution in [3.8, 4) is 16.9 Å². The molecule has 5 nitrogen and oxygen atoms in total. The third kappa shape index (κ3) is 3.94. The first-order chi connectivity index (χ1) is 14.5. The summed E-state index contributed by atoms with van der Waals surface area (Å²) >= 11 is 0. The predicted octanol–water partition coefficient (Wildman–Crippen LogP) is 5.57. The normalized spacial score (nSPS) is 13.3. The van der Waals surface area contributed by atoms with Gasteiger partial charge in [-0.15, -0.1) is 0 Å². The molecule has 30 heavy (non-hydrogen) atoms. The molecule has 0 amide bonds. The summed E-state index contributed by atoms with van der Waals surface area (Å²) in [6.45, 7) is 4.39. The lowest BCUT2D eigenvalue weighted by Crippen LogP contribution is -2.13. The maximum atomic E-state index is 11.4. The zero-order chi connectivity index (χ0) is 21.3. The first kappa shape index (κ1) is 20.1. The average molecular weight is 403 g/mol. The molecular weight excluding hydrogens is 378 g/mol. The van der Waals surface area contributed by atoms with Gasteiger partial charge >= 0.3 is 0 Å². The summed E-state index contributed by atoms with van der Waals surface area (Å²) < 4.78 is 11.8. The molecule has 0 unspecified atom stereocenters. The lowest BCUT2D eigenvalue weighted by atomic mass is 9.95. The van der Waals surface area contributed by atoms with E-state index < -0.39 is 0 Å². The van der Waals surface area contributed by atoms with Crippen LogP contribution in [-0.2, 0) is 24.2 Å². The van der Waals surface area contributed by atoms with E-state index in [9.17, 15) is 10.1 Å². The highest BCUT2D eigenvalue weighted by Gasteiger charge is 2.22. The Morgan fingerprint density at radius 3 is 2.37 bits per heavy atom. The van der Waals surface area contributed by atoms with Crippen LogP contribution < -0.4 is 4.74 Å². The Balaban J connectivity index is 1.64. The van der Waals surface area contributed by atoms with Crippen LogP contribution in [0.3, 0.4) is 0 Å². The highest BCUT2D eigenvalue weighted by atomic mass is 16.6. The number of nitro benzene ring substituents is 1. The smallest absolute Gasteiger partial charge is 0.269 e. The third-order valence-corrected chi connectivity index (χ3v) is 5.94. The van der Waals surface area contributed by atoms with Crippen molar-refractivity contribution in [1.29, 1.82) is 0 Å². The number of nitrogens with zero attached hydrogens (tertiary/aromatic N) is 1. The van der Waals surface area contributed by atoms with Crippen molar-refractivity contribution in [2.75, 3.05) is 7.11 Å². The lowest BCUT2D eigenvalue weighted by molar-refractivity contribution is -0.384. The number of hydrogen-bond acceptors (Lipinski definition) is 4.